The number of hydrogen-bond donors (Lipinski definition) is 2. The monoisotopic (exact) mass is 147 g/mol. The van der Waals surface area contributed by atoms with Crippen molar-refractivity contribution in [3.8, 4) is 0 Å². The van der Waals surface area contributed by atoms with Gasteiger partial charge in [0.05, 0.1) is 0 Å². The van der Waals surface area contributed by atoms with Crippen LogP contribution in [0.2, 0.25) is 0 Å². The third kappa shape index (κ3) is 1.60. The summed E-state index contributed by atoms with van der Waals surface area (Å²) in [5, 5.41) is 12.0. The largest absolute Gasteiger partial charge is 0.396 e. The highest BCUT2D eigenvalue weighted by molar-refractivity contribution is 7.99. The van der Waals surface area contributed by atoms with Crippen LogP contribution in [0.5, 0.6) is 0 Å². The van der Waals surface area contributed by atoms with Crippen molar-refractivity contribution in [2.45, 2.75) is 6.04 Å². The average Bonchev–Trinajstić information content (AvgIpc) is 2.33. The Morgan fingerprint density at radius 2 is 2.44 bits per heavy atom. The van der Waals surface area contributed by atoms with Crippen LogP contribution in [0.4, 0.5) is 0 Å². The van der Waals surface area contributed by atoms with Crippen molar-refractivity contribution in [2.75, 3.05) is 25.2 Å². The fourth-order valence-corrected chi connectivity index (χ4v) is 2.57. The van der Waals surface area contributed by atoms with Gasteiger partial charge >= 0.3 is 0 Å². The van der Waals surface area contributed by atoms with E-state index in [1.165, 1.54) is 0 Å². The normalized spacial score (nSPS) is 35.3. The van der Waals surface area contributed by atoms with Crippen LogP contribution in [0, 0.1) is 5.92 Å². The van der Waals surface area contributed by atoms with Crippen molar-refractivity contribution in [2.24, 2.45) is 5.92 Å². The second kappa shape index (κ2) is 3.44. The zero-order valence-electron chi connectivity index (χ0n) is 5.63. The highest BCUT2D eigenvalue weighted by Gasteiger charge is 2.24. The average molecular weight is 147 g/mol. The lowest BCUT2D eigenvalue weighted by Crippen LogP contribution is -2.34. The van der Waals surface area contributed by atoms with Gasteiger partial charge in [0.25, 0.3) is 0 Å². The summed E-state index contributed by atoms with van der Waals surface area (Å²) in [6, 6.07) is 0.542. The van der Waals surface area contributed by atoms with Gasteiger partial charge in [0.15, 0.2) is 0 Å². The molecule has 1 aliphatic rings. The van der Waals surface area contributed by atoms with Crippen LogP contribution in [-0.4, -0.2) is 36.3 Å². The second-order valence-electron chi connectivity index (χ2n) is 2.38. The molecule has 0 saturated carbocycles. The first-order chi connectivity index (χ1) is 4.38. The molecule has 9 heavy (non-hydrogen) atoms. The van der Waals surface area contributed by atoms with Gasteiger partial charge in [-0.15, -0.1) is 0 Å². The van der Waals surface area contributed by atoms with Gasteiger partial charge in [-0.25, -0.2) is 0 Å². The van der Waals surface area contributed by atoms with Crippen LogP contribution in [-0.2, 0) is 0 Å². The molecule has 54 valence electrons. The number of aliphatic hydroxyl groups excluding tert-OH is 1. The molecular formula is C6H13NOS. The van der Waals surface area contributed by atoms with E-state index >= 15 is 0 Å². The number of thioether (sulfide) groups is 1. The minimum absolute atomic E-state index is 0.332. The van der Waals surface area contributed by atoms with E-state index < -0.39 is 0 Å². The lowest BCUT2D eigenvalue weighted by molar-refractivity contribution is 0.220. The molecule has 0 amide bonds. The van der Waals surface area contributed by atoms with Crippen LogP contribution in [0.25, 0.3) is 0 Å². The van der Waals surface area contributed by atoms with Crippen LogP contribution in [0.1, 0.15) is 0 Å². The van der Waals surface area contributed by atoms with Crippen molar-refractivity contribution in [3.05, 3.63) is 0 Å². The number of hydrogen-bond acceptors (Lipinski definition) is 3. The van der Waals surface area contributed by atoms with Crippen molar-refractivity contribution < 1.29 is 5.11 Å². The SMILES string of the molecule is CNC1CSCC1CO. The summed E-state index contributed by atoms with van der Waals surface area (Å²) in [5.41, 5.74) is 0. The Labute approximate surface area is 60.0 Å². The van der Waals surface area contributed by atoms with Crippen LogP contribution in [0.3, 0.4) is 0 Å². The highest BCUT2D eigenvalue weighted by Crippen LogP contribution is 2.22. The standard InChI is InChI=1S/C6H13NOS/c1-7-6-4-9-3-5(6)2-8/h5-8H,2-4H2,1H3. The molecule has 0 bridgehead atoms. The number of rotatable bonds is 2. The van der Waals surface area contributed by atoms with Gasteiger partial charge in [0.1, 0.15) is 0 Å². The smallest absolute Gasteiger partial charge is 0.0482 e. The van der Waals surface area contributed by atoms with Crippen molar-refractivity contribution >= 4 is 11.8 Å². The second-order valence-corrected chi connectivity index (χ2v) is 3.45. The van der Waals surface area contributed by atoms with Gasteiger partial charge in [0, 0.05) is 24.3 Å². The van der Waals surface area contributed by atoms with Gasteiger partial charge in [-0.1, -0.05) is 0 Å². The van der Waals surface area contributed by atoms with E-state index in [2.05, 4.69) is 5.32 Å². The van der Waals surface area contributed by atoms with E-state index in [1.54, 1.807) is 0 Å². The maximum absolute atomic E-state index is 8.81. The van der Waals surface area contributed by atoms with Gasteiger partial charge in [-0.2, -0.15) is 11.8 Å². The number of aliphatic hydroxyl groups is 1. The maximum Gasteiger partial charge on any atom is 0.0482 e. The molecule has 2 unspecified atom stereocenters. The molecule has 0 aromatic rings. The molecular weight excluding hydrogens is 134 g/mol. The molecule has 2 nitrogen and oxygen atoms in total. The Bertz CT molecular complexity index is 79.1. The van der Waals surface area contributed by atoms with Gasteiger partial charge in [-0.3, -0.25) is 0 Å². The predicted molar refractivity (Wildman–Crippen MR) is 40.7 cm³/mol. The summed E-state index contributed by atoms with van der Waals surface area (Å²) in [7, 11) is 1.96. The van der Waals surface area contributed by atoms with Gasteiger partial charge < -0.3 is 10.4 Å². The molecule has 2 N–H and O–H groups in total. The minimum atomic E-state index is 0.332. The Balaban J connectivity index is 2.32. The Kier molecular flexibility index (Phi) is 2.82. The predicted octanol–water partition coefficient (Wildman–Crippen LogP) is -0.0703. The fraction of sp³-hybridized carbons (Fsp3) is 1.00. The summed E-state index contributed by atoms with van der Waals surface area (Å²) in [6.07, 6.45) is 0. The van der Waals surface area contributed by atoms with Crippen molar-refractivity contribution in [1.29, 1.82) is 0 Å². The number of nitrogens with one attached hydrogen (secondary N) is 1. The first kappa shape index (κ1) is 7.38. The van der Waals surface area contributed by atoms with E-state index in [-0.39, 0.29) is 0 Å². The zero-order chi connectivity index (χ0) is 6.69. The van der Waals surface area contributed by atoms with E-state index in [0.717, 1.165) is 11.5 Å². The summed E-state index contributed by atoms with van der Waals surface area (Å²) in [6.45, 7) is 0.332. The maximum atomic E-state index is 8.81. The third-order valence-corrected chi connectivity index (χ3v) is 3.06. The van der Waals surface area contributed by atoms with E-state index in [9.17, 15) is 0 Å². The van der Waals surface area contributed by atoms with E-state index in [0.29, 0.717) is 18.6 Å². The van der Waals surface area contributed by atoms with E-state index in [4.69, 9.17) is 5.11 Å². The molecule has 1 aliphatic heterocycles. The molecule has 1 saturated heterocycles. The highest BCUT2D eigenvalue weighted by atomic mass is 32.2. The lowest BCUT2D eigenvalue weighted by Gasteiger charge is -2.13. The zero-order valence-corrected chi connectivity index (χ0v) is 6.45. The van der Waals surface area contributed by atoms with Gasteiger partial charge in [0.2, 0.25) is 0 Å². The van der Waals surface area contributed by atoms with E-state index in [1.807, 2.05) is 18.8 Å². The van der Waals surface area contributed by atoms with Crippen LogP contribution in [0.15, 0.2) is 0 Å². The molecule has 3 heteroatoms. The lowest BCUT2D eigenvalue weighted by atomic mass is 10.1. The summed E-state index contributed by atoms with van der Waals surface area (Å²) < 4.78 is 0. The quantitative estimate of drug-likeness (QED) is 0.573. The first-order valence-corrected chi connectivity index (χ1v) is 4.40. The Hall–Kier alpha value is 0.270. The molecule has 0 aliphatic carbocycles. The van der Waals surface area contributed by atoms with Gasteiger partial charge in [-0.05, 0) is 12.8 Å². The minimum Gasteiger partial charge on any atom is -0.396 e. The Morgan fingerprint density at radius 3 is 2.89 bits per heavy atom. The summed E-state index contributed by atoms with van der Waals surface area (Å²) >= 11 is 1.92. The molecule has 0 radical (unpaired) electrons. The van der Waals surface area contributed by atoms with Crippen LogP contribution < -0.4 is 5.32 Å². The third-order valence-electron chi connectivity index (χ3n) is 1.80. The molecule has 1 rings (SSSR count). The van der Waals surface area contributed by atoms with Crippen LogP contribution >= 0.6 is 11.8 Å². The molecule has 0 aromatic carbocycles. The summed E-state index contributed by atoms with van der Waals surface area (Å²) in [4.78, 5) is 0. The van der Waals surface area contributed by atoms with Crippen molar-refractivity contribution in [1.82, 2.24) is 5.32 Å². The molecule has 2 atom stereocenters. The molecule has 0 aromatic heterocycles. The topological polar surface area (TPSA) is 32.3 Å². The molecule has 0 spiro atoms. The fourth-order valence-electron chi connectivity index (χ4n) is 1.10. The first-order valence-electron chi connectivity index (χ1n) is 3.24. The van der Waals surface area contributed by atoms with Crippen molar-refractivity contribution in [3.63, 3.8) is 0 Å². The Morgan fingerprint density at radius 1 is 1.67 bits per heavy atom. The summed E-state index contributed by atoms with van der Waals surface area (Å²) in [5.74, 6) is 2.75. The molecule has 1 heterocycles. The molecule has 1 fully saturated rings.